The number of aliphatic carboxylic acids is 1. The summed E-state index contributed by atoms with van der Waals surface area (Å²) < 4.78 is 39.6. The minimum atomic E-state index is -5.08. The summed E-state index contributed by atoms with van der Waals surface area (Å²) in [5, 5.41) is 14.4. The second-order valence-electron chi connectivity index (χ2n) is 7.74. The molecule has 0 unspecified atom stereocenters. The number of likely N-dealkylation sites (tertiary alicyclic amines) is 1. The molecule has 0 aromatic carbocycles. The number of carboxylic acid groups (broad SMARTS) is 1. The number of carboxylic acids is 1. The van der Waals surface area contributed by atoms with Crippen LogP contribution in [-0.4, -0.2) is 69.2 Å². The van der Waals surface area contributed by atoms with Gasteiger partial charge in [0.05, 0.1) is 12.3 Å². The number of ether oxygens (including phenoxy) is 1. The first-order valence-electron chi connectivity index (χ1n) is 9.58. The van der Waals surface area contributed by atoms with Gasteiger partial charge in [-0.1, -0.05) is 0 Å². The number of hydrogen-bond donors (Lipinski definition) is 2. The van der Waals surface area contributed by atoms with Crippen LogP contribution in [0.4, 0.5) is 13.2 Å². The summed E-state index contributed by atoms with van der Waals surface area (Å²) >= 11 is 0. The van der Waals surface area contributed by atoms with E-state index in [-0.39, 0.29) is 18.1 Å². The quantitative estimate of drug-likeness (QED) is 0.749. The third-order valence-corrected chi connectivity index (χ3v) is 5.33. The molecule has 1 saturated carbocycles. The van der Waals surface area contributed by atoms with Gasteiger partial charge in [0.25, 0.3) is 0 Å². The van der Waals surface area contributed by atoms with Crippen molar-refractivity contribution in [2.45, 2.75) is 56.7 Å². The Morgan fingerprint density at radius 3 is 2.59 bits per heavy atom. The van der Waals surface area contributed by atoms with Gasteiger partial charge in [-0.05, 0) is 25.2 Å². The lowest BCUT2D eigenvalue weighted by atomic mass is 10.1. The van der Waals surface area contributed by atoms with Crippen LogP contribution in [0.2, 0.25) is 0 Å². The van der Waals surface area contributed by atoms with Crippen LogP contribution in [-0.2, 0) is 27.9 Å². The van der Waals surface area contributed by atoms with Crippen LogP contribution in [0.5, 0.6) is 0 Å². The Labute approximate surface area is 166 Å². The summed E-state index contributed by atoms with van der Waals surface area (Å²) in [6, 6.07) is 0.372. The second kappa shape index (κ2) is 8.70. The molecular weight excluding hydrogens is 393 g/mol. The van der Waals surface area contributed by atoms with Crippen molar-refractivity contribution in [1.82, 2.24) is 20.0 Å². The normalized spacial score (nSPS) is 26.6. The fourth-order valence-corrected chi connectivity index (χ4v) is 3.67. The summed E-state index contributed by atoms with van der Waals surface area (Å²) in [4.78, 5) is 23.5. The minimum Gasteiger partial charge on any atom is -0.475 e. The number of amides is 1. The number of halogens is 3. The Morgan fingerprint density at radius 1 is 1.34 bits per heavy atom. The lowest BCUT2D eigenvalue weighted by Gasteiger charge is -2.21. The molecule has 162 valence electrons. The van der Waals surface area contributed by atoms with Gasteiger partial charge in [-0.2, -0.15) is 18.3 Å². The lowest BCUT2D eigenvalue weighted by Crippen LogP contribution is -2.37. The second-order valence-corrected chi connectivity index (χ2v) is 7.74. The van der Waals surface area contributed by atoms with Crippen LogP contribution < -0.4 is 5.32 Å². The maximum atomic E-state index is 12.2. The van der Waals surface area contributed by atoms with E-state index in [0.29, 0.717) is 12.0 Å². The van der Waals surface area contributed by atoms with Gasteiger partial charge in [0.15, 0.2) is 0 Å². The maximum absolute atomic E-state index is 12.2. The molecule has 2 saturated heterocycles. The molecule has 3 fully saturated rings. The molecule has 29 heavy (non-hydrogen) atoms. The molecule has 4 rings (SSSR count). The summed E-state index contributed by atoms with van der Waals surface area (Å²) in [5.74, 6) is -1.96. The van der Waals surface area contributed by atoms with Gasteiger partial charge in [-0.25, -0.2) is 4.79 Å². The summed E-state index contributed by atoms with van der Waals surface area (Å²) in [7, 11) is 1.94. The van der Waals surface area contributed by atoms with Crippen molar-refractivity contribution in [2.75, 3.05) is 13.1 Å². The number of hydrogen-bond acceptors (Lipinski definition) is 5. The van der Waals surface area contributed by atoms with Crippen molar-refractivity contribution in [2.24, 2.45) is 13.0 Å². The minimum absolute atomic E-state index is 0.0858. The number of nitrogens with zero attached hydrogens (tertiary/aromatic N) is 3. The fraction of sp³-hybridized carbons (Fsp3) is 0.722. The Bertz CT molecular complexity index is 735. The number of aromatic nitrogens is 2. The van der Waals surface area contributed by atoms with E-state index < -0.39 is 12.1 Å². The number of aryl methyl sites for hydroxylation is 1. The highest BCUT2D eigenvalue weighted by Crippen LogP contribution is 2.34. The predicted molar refractivity (Wildman–Crippen MR) is 94.7 cm³/mol. The maximum Gasteiger partial charge on any atom is 0.490 e. The molecule has 1 aromatic rings. The predicted octanol–water partition coefficient (Wildman–Crippen LogP) is 1.31. The lowest BCUT2D eigenvalue weighted by molar-refractivity contribution is -0.192. The molecule has 1 aliphatic carbocycles. The number of carbonyl (C=O) groups is 2. The van der Waals surface area contributed by atoms with Crippen LogP contribution in [0.15, 0.2) is 12.4 Å². The SMILES string of the molecule is Cn1cc(CN2CC[C@@H]3O[C@@H](C(=O)NCC4CC4)C[C@@H]32)cn1.O=C(O)C(F)(F)F. The van der Waals surface area contributed by atoms with Crippen molar-refractivity contribution in [1.29, 1.82) is 0 Å². The van der Waals surface area contributed by atoms with Gasteiger partial charge in [0, 0.05) is 50.9 Å². The molecule has 1 amide bonds. The van der Waals surface area contributed by atoms with Crippen molar-refractivity contribution >= 4 is 11.9 Å². The standard InChI is InChI=1S/C16H24N4O2.C2HF3O2/c1-19-9-12(8-18-19)10-20-5-4-14-13(20)6-15(22-14)16(21)17-7-11-2-3-11;3-2(4,5)1(6)7/h8-9,11,13-15H,2-7,10H2,1H3,(H,17,21);(H,6,7)/t13-,14-,15+;/m0./s1. The Morgan fingerprint density at radius 2 is 2.03 bits per heavy atom. The van der Waals surface area contributed by atoms with Gasteiger partial charge < -0.3 is 15.2 Å². The van der Waals surface area contributed by atoms with E-state index in [9.17, 15) is 18.0 Å². The monoisotopic (exact) mass is 418 g/mol. The highest BCUT2D eigenvalue weighted by atomic mass is 19.4. The first-order chi connectivity index (χ1) is 13.6. The Kier molecular flexibility index (Phi) is 6.47. The van der Waals surface area contributed by atoms with E-state index in [2.05, 4.69) is 21.5 Å². The van der Waals surface area contributed by atoms with Gasteiger partial charge in [-0.15, -0.1) is 0 Å². The van der Waals surface area contributed by atoms with E-state index >= 15 is 0 Å². The average molecular weight is 418 g/mol. The molecule has 3 aliphatic rings. The topological polar surface area (TPSA) is 96.7 Å². The number of carbonyl (C=O) groups excluding carboxylic acids is 1. The fourth-order valence-electron chi connectivity index (χ4n) is 3.67. The third kappa shape index (κ3) is 5.92. The van der Waals surface area contributed by atoms with Gasteiger partial charge in [0.2, 0.25) is 5.91 Å². The number of rotatable bonds is 5. The highest BCUT2D eigenvalue weighted by Gasteiger charge is 2.45. The van der Waals surface area contributed by atoms with Gasteiger partial charge in [-0.3, -0.25) is 14.4 Å². The van der Waals surface area contributed by atoms with E-state index in [1.807, 2.05) is 17.9 Å². The largest absolute Gasteiger partial charge is 0.490 e. The first-order valence-corrected chi connectivity index (χ1v) is 9.58. The van der Waals surface area contributed by atoms with E-state index in [1.165, 1.54) is 18.4 Å². The van der Waals surface area contributed by atoms with Crippen LogP contribution in [0.1, 0.15) is 31.2 Å². The highest BCUT2D eigenvalue weighted by molar-refractivity contribution is 5.81. The molecule has 8 nitrogen and oxygen atoms in total. The first kappa shape index (κ1) is 21.6. The van der Waals surface area contributed by atoms with Crippen molar-refractivity contribution in [3.63, 3.8) is 0 Å². The third-order valence-electron chi connectivity index (χ3n) is 5.33. The smallest absolute Gasteiger partial charge is 0.475 e. The van der Waals surface area contributed by atoms with E-state index in [0.717, 1.165) is 32.5 Å². The summed E-state index contributed by atoms with van der Waals surface area (Å²) in [6.45, 7) is 2.77. The molecular formula is C18H25F3N4O4. The van der Waals surface area contributed by atoms with Crippen molar-refractivity contribution in [3.05, 3.63) is 18.0 Å². The molecule has 3 atom stereocenters. The van der Waals surface area contributed by atoms with Crippen molar-refractivity contribution in [3.8, 4) is 0 Å². The van der Waals surface area contributed by atoms with Crippen molar-refractivity contribution < 1.29 is 32.6 Å². The Balaban J connectivity index is 0.000000298. The molecule has 0 spiro atoms. The zero-order chi connectivity index (χ0) is 21.2. The Hall–Kier alpha value is -2.14. The number of fused-ring (bicyclic) bond motifs is 1. The average Bonchev–Trinajstić information content (AvgIpc) is 3.04. The van der Waals surface area contributed by atoms with Gasteiger partial charge in [0.1, 0.15) is 6.10 Å². The zero-order valence-electron chi connectivity index (χ0n) is 16.1. The zero-order valence-corrected chi connectivity index (χ0v) is 16.1. The molecule has 0 bridgehead atoms. The molecule has 2 aliphatic heterocycles. The van der Waals surface area contributed by atoms with E-state index in [1.54, 1.807) is 0 Å². The molecule has 11 heteroatoms. The van der Waals surface area contributed by atoms with Crippen LogP contribution >= 0.6 is 0 Å². The van der Waals surface area contributed by atoms with Crippen LogP contribution in [0.3, 0.4) is 0 Å². The molecule has 3 heterocycles. The van der Waals surface area contributed by atoms with Crippen LogP contribution in [0, 0.1) is 5.92 Å². The molecule has 0 radical (unpaired) electrons. The number of nitrogens with one attached hydrogen (secondary N) is 1. The van der Waals surface area contributed by atoms with Gasteiger partial charge >= 0.3 is 12.1 Å². The number of alkyl halides is 3. The summed E-state index contributed by atoms with van der Waals surface area (Å²) in [5.41, 5.74) is 1.23. The molecule has 1 aromatic heterocycles. The van der Waals surface area contributed by atoms with Crippen LogP contribution in [0.25, 0.3) is 0 Å². The summed E-state index contributed by atoms with van der Waals surface area (Å²) in [6.07, 6.45) is 3.22. The molecule has 2 N–H and O–H groups in total. The van der Waals surface area contributed by atoms with E-state index in [4.69, 9.17) is 14.6 Å².